The van der Waals surface area contributed by atoms with Crippen molar-refractivity contribution in [2.45, 2.75) is 0 Å². The van der Waals surface area contributed by atoms with Gasteiger partial charge in [0.25, 0.3) is 0 Å². The monoisotopic (exact) mass is 440 g/mol. The molecule has 0 saturated carbocycles. The van der Waals surface area contributed by atoms with Crippen LogP contribution in [0.1, 0.15) is 0 Å². The van der Waals surface area contributed by atoms with E-state index in [-0.39, 0.29) is 5.41 Å². The van der Waals surface area contributed by atoms with Gasteiger partial charge in [0.2, 0.25) is 8.07 Å². The van der Waals surface area contributed by atoms with Crippen molar-refractivity contribution in [1.82, 2.24) is 0 Å². The molecule has 118 valence electrons. The topological polar surface area (TPSA) is 17.1 Å². The molecule has 3 heteroatoms. The number of carbonyl (C=O) groups excluding carboxylic acids is 1. The number of hydrogen-bond acceptors (Lipinski definition) is 1. The average Bonchev–Trinajstić information content (AvgIpc) is 2.65. The molecule has 0 heterocycles. The van der Waals surface area contributed by atoms with Crippen LogP contribution in [0.3, 0.4) is 0 Å². The Morgan fingerprint density at radius 3 is 1.29 bits per heavy atom. The number of hydrogen-bond donors (Lipinski definition) is 0. The van der Waals surface area contributed by atoms with E-state index in [1.807, 2.05) is 58.7 Å². The fourth-order valence-corrected chi connectivity index (χ4v) is 8.10. The zero-order chi connectivity index (χ0) is 16.8. The summed E-state index contributed by atoms with van der Waals surface area (Å²) in [5.74, 6) is 0. The van der Waals surface area contributed by atoms with Crippen LogP contribution in [0.5, 0.6) is 0 Å². The quantitative estimate of drug-likeness (QED) is 0.258. The summed E-state index contributed by atoms with van der Waals surface area (Å²) in [5, 5.41) is 3.53. The Labute approximate surface area is 157 Å². The van der Waals surface area contributed by atoms with E-state index in [1.54, 1.807) is 6.08 Å². The fraction of sp³-hybridized carbons (Fsp3) is 0. The zero-order valence-electron chi connectivity index (χ0n) is 13.1. The molecule has 3 aromatic carbocycles. The van der Waals surface area contributed by atoms with Gasteiger partial charge in [0.15, 0.2) is 0 Å². The Hall–Kier alpha value is -1.98. The average molecular weight is 440 g/mol. The van der Waals surface area contributed by atoms with Gasteiger partial charge >= 0.3 is 0 Å². The normalized spacial score (nSPS) is 11.5. The van der Waals surface area contributed by atoms with Crippen LogP contribution < -0.4 is 15.6 Å². The maximum Gasteiger partial charge on any atom is 0.229 e. The highest BCUT2D eigenvalue weighted by Crippen LogP contribution is 2.10. The Bertz CT molecular complexity index is 733. The molecule has 0 spiro atoms. The molecule has 3 aromatic rings. The third-order valence-electron chi connectivity index (χ3n) is 4.20. The van der Waals surface area contributed by atoms with Crippen molar-refractivity contribution in [2.75, 3.05) is 0 Å². The summed E-state index contributed by atoms with van der Waals surface area (Å²) in [6.45, 7) is 0. The van der Waals surface area contributed by atoms with E-state index in [2.05, 4.69) is 59.0 Å². The first-order valence-corrected chi connectivity index (χ1v) is 11.0. The summed E-state index contributed by atoms with van der Waals surface area (Å²) < 4.78 is 1.82. The zero-order valence-corrected chi connectivity index (χ0v) is 16.3. The van der Waals surface area contributed by atoms with Gasteiger partial charge in [-0.3, -0.25) is 4.79 Å². The van der Waals surface area contributed by atoms with Crippen molar-refractivity contribution in [3.05, 3.63) is 101 Å². The van der Waals surface area contributed by atoms with Crippen molar-refractivity contribution in [2.24, 2.45) is 0 Å². The molecule has 0 atom stereocenters. The number of benzene rings is 3. The van der Waals surface area contributed by atoms with E-state index < -0.39 is 8.07 Å². The number of allylic oxidation sites excluding steroid dienone is 1. The van der Waals surface area contributed by atoms with Crippen molar-refractivity contribution in [3.63, 3.8) is 0 Å². The van der Waals surface area contributed by atoms with Crippen molar-refractivity contribution in [3.8, 4) is 0 Å². The summed E-state index contributed by atoms with van der Waals surface area (Å²) in [7, 11) is -2.78. The largest absolute Gasteiger partial charge is 0.299 e. The van der Waals surface area contributed by atoms with E-state index in [9.17, 15) is 4.79 Å². The Kier molecular flexibility index (Phi) is 5.43. The molecule has 1 nitrogen and oxygen atoms in total. The molecule has 0 aliphatic carbocycles. The van der Waals surface area contributed by atoms with E-state index in [1.165, 1.54) is 0 Å². The van der Waals surface area contributed by atoms with Gasteiger partial charge in [-0.05, 0) is 25.7 Å². The molecule has 0 saturated heterocycles. The lowest BCUT2D eigenvalue weighted by molar-refractivity contribution is -0.108. The Morgan fingerprint density at radius 2 is 1.00 bits per heavy atom. The molecule has 0 fully saturated rings. The van der Waals surface area contributed by atoms with Crippen LogP contribution in [0.25, 0.3) is 0 Å². The second-order valence-corrected chi connectivity index (χ2v) is 9.95. The molecular formula is C21H17IOSi. The van der Waals surface area contributed by atoms with Gasteiger partial charge in [-0.15, -0.1) is 0 Å². The van der Waals surface area contributed by atoms with Crippen LogP contribution in [-0.2, 0) is 4.79 Å². The molecule has 0 unspecified atom stereocenters. The van der Waals surface area contributed by atoms with E-state index in [4.69, 9.17) is 0 Å². The molecule has 0 aliphatic heterocycles. The molecule has 0 aliphatic rings. The van der Waals surface area contributed by atoms with Crippen LogP contribution in [0.4, 0.5) is 0 Å². The van der Waals surface area contributed by atoms with Gasteiger partial charge < -0.3 is 0 Å². The highest BCUT2D eigenvalue weighted by molar-refractivity contribution is 14.1. The lowest BCUT2D eigenvalue weighted by Crippen LogP contribution is -2.72. The van der Waals surface area contributed by atoms with Crippen molar-refractivity contribution >= 4 is 51.6 Å². The smallest absolute Gasteiger partial charge is 0.229 e. The lowest BCUT2D eigenvalue weighted by atomic mass is 10.3. The minimum Gasteiger partial charge on any atom is -0.299 e. The van der Waals surface area contributed by atoms with Gasteiger partial charge in [-0.1, -0.05) is 114 Å². The molecule has 0 radical (unpaired) electrons. The maximum absolute atomic E-state index is 13.4. The SMILES string of the molecule is O=C(/C=C/I)[Si](c1ccccc1)(c1ccccc1)c1ccccc1. The first-order valence-electron chi connectivity index (χ1n) is 7.78. The van der Waals surface area contributed by atoms with Crippen LogP contribution >= 0.6 is 22.6 Å². The first-order chi connectivity index (χ1) is 11.8. The van der Waals surface area contributed by atoms with Gasteiger partial charge in [0, 0.05) is 0 Å². The highest BCUT2D eigenvalue weighted by Gasteiger charge is 2.45. The second kappa shape index (κ2) is 7.72. The summed E-state index contributed by atoms with van der Waals surface area (Å²) in [4.78, 5) is 13.4. The summed E-state index contributed by atoms with van der Waals surface area (Å²) in [6, 6.07) is 30.6. The number of carbonyl (C=O) groups is 1. The van der Waals surface area contributed by atoms with E-state index >= 15 is 0 Å². The number of halogens is 1. The third kappa shape index (κ3) is 3.01. The van der Waals surface area contributed by atoms with Gasteiger partial charge in [-0.2, -0.15) is 0 Å². The first kappa shape index (κ1) is 16.9. The van der Waals surface area contributed by atoms with E-state index in [0.29, 0.717) is 0 Å². The lowest BCUT2D eigenvalue weighted by Gasteiger charge is -2.30. The molecule has 0 aromatic heterocycles. The van der Waals surface area contributed by atoms with Crippen molar-refractivity contribution < 1.29 is 4.79 Å². The van der Waals surface area contributed by atoms with Gasteiger partial charge in [0.05, 0.1) is 0 Å². The predicted octanol–water partition coefficient (Wildman–Crippen LogP) is 3.21. The maximum atomic E-state index is 13.4. The highest BCUT2D eigenvalue weighted by atomic mass is 127. The molecule has 0 N–H and O–H groups in total. The third-order valence-corrected chi connectivity index (χ3v) is 9.07. The Balaban J connectivity index is 2.39. The summed E-state index contributed by atoms with van der Waals surface area (Å²) in [6.07, 6.45) is 1.72. The molecule has 0 amide bonds. The molecular weight excluding hydrogens is 423 g/mol. The molecule has 24 heavy (non-hydrogen) atoms. The van der Waals surface area contributed by atoms with Crippen LogP contribution in [0, 0.1) is 0 Å². The standard InChI is InChI=1S/C21H17IOSi/c22-17-16-21(23)24(18-10-4-1-5-11-18,19-12-6-2-7-13-19)20-14-8-3-9-15-20/h1-17H/b17-16+. The predicted molar refractivity (Wildman–Crippen MR) is 112 cm³/mol. The van der Waals surface area contributed by atoms with Crippen LogP contribution in [0.2, 0.25) is 0 Å². The van der Waals surface area contributed by atoms with Crippen LogP contribution in [-0.4, -0.2) is 13.5 Å². The van der Waals surface area contributed by atoms with Crippen LogP contribution in [0.15, 0.2) is 101 Å². The Morgan fingerprint density at radius 1 is 0.667 bits per heavy atom. The summed E-state index contributed by atoms with van der Waals surface area (Å²) in [5.41, 5.74) is 0. The fourth-order valence-electron chi connectivity index (χ4n) is 3.17. The minimum atomic E-state index is -2.78. The minimum absolute atomic E-state index is 0.195. The number of rotatable bonds is 5. The van der Waals surface area contributed by atoms with E-state index in [0.717, 1.165) is 15.6 Å². The van der Waals surface area contributed by atoms with Gasteiger partial charge in [-0.25, -0.2) is 0 Å². The second-order valence-electron chi connectivity index (χ2n) is 5.50. The van der Waals surface area contributed by atoms with Gasteiger partial charge in [0.1, 0.15) is 5.41 Å². The summed E-state index contributed by atoms with van der Waals surface area (Å²) >= 11 is 2.12. The molecule has 0 bridgehead atoms. The molecule has 3 rings (SSSR count). The van der Waals surface area contributed by atoms with Crippen molar-refractivity contribution in [1.29, 1.82) is 0 Å².